The van der Waals surface area contributed by atoms with Crippen LogP contribution in [0.3, 0.4) is 0 Å². The minimum atomic E-state index is -0.364. The molecule has 118 valence electrons. The van der Waals surface area contributed by atoms with E-state index in [9.17, 15) is 9.59 Å². The molecular formula is C15H14N4O4. The molecule has 0 saturated heterocycles. The predicted molar refractivity (Wildman–Crippen MR) is 79.8 cm³/mol. The quantitative estimate of drug-likeness (QED) is 0.759. The molecule has 1 N–H and O–H groups in total. The van der Waals surface area contributed by atoms with E-state index in [-0.39, 0.29) is 30.2 Å². The van der Waals surface area contributed by atoms with Crippen molar-refractivity contribution in [3.63, 3.8) is 0 Å². The predicted octanol–water partition coefficient (Wildman–Crippen LogP) is 1.23. The largest absolute Gasteiger partial charge is 0.463 e. The van der Waals surface area contributed by atoms with Gasteiger partial charge in [0.15, 0.2) is 11.5 Å². The lowest BCUT2D eigenvalue weighted by molar-refractivity contribution is 0.0942. The number of hydrogen-bond donors (Lipinski definition) is 1. The van der Waals surface area contributed by atoms with Crippen LogP contribution in [0.15, 0.2) is 50.3 Å². The molecule has 8 nitrogen and oxygen atoms in total. The molecule has 0 aliphatic rings. The van der Waals surface area contributed by atoms with E-state index >= 15 is 0 Å². The molecule has 0 bridgehead atoms. The Balaban J connectivity index is 1.65. The Morgan fingerprint density at radius 1 is 1.35 bits per heavy atom. The van der Waals surface area contributed by atoms with E-state index in [2.05, 4.69) is 15.6 Å². The summed E-state index contributed by atoms with van der Waals surface area (Å²) in [7, 11) is 0. The number of carbonyl (C=O) groups is 1. The molecule has 0 saturated carbocycles. The van der Waals surface area contributed by atoms with Crippen LogP contribution in [-0.4, -0.2) is 27.4 Å². The van der Waals surface area contributed by atoms with Crippen molar-refractivity contribution in [2.24, 2.45) is 0 Å². The summed E-state index contributed by atoms with van der Waals surface area (Å²) >= 11 is 0. The van der Waals surface area contributed by atoms with Crippen LogP contribution in [-0.2, 0) is 6.54 Å². The smallest absolute Gasteiger partial charge is 0.273 e. The highest BCUT2D eigenvalue weighted by Crippen LogP contribution is 2.14. The van der Waals surface area contributed by atoms with Gasteiger partial charge in [-0.25, -0.2) is 4.68 Å². The first-order chi connectivity index (χ1) is 11.1. The van der Waals surface area contributed by atoms with Gasteiger partial charge in [0.1, 0.15) is 11.5 Å². The van der Waals surface area contributed by atoms with Crippen LogP contribution in [0.2, 0.25) is 0 Å². The van der Waals surface area contributed by atoms with Crippen LogP contribution in [0.1, 0.15) is 16.2 Å². The third-order valence-electron chi connectivity index (χ3n) is 3.11. The second-order valence-corrected chi connectivity index (χ2v) is 4.84. The lowest BCUT2D eigenvalue weighted by Gasteiger charge is -2.06. The third kappa shape index (κ3) is 3.37. The molecule has 3 aromatic heterocycles. The Bertz CT molecular complexity index is 864. The van der Waals surface area contributed by atoms with Gasteiger partial charge >= 0.3 is 0 Å². The van der Waals surface area contributed by atoms with Crippen molar-refractivity contribution >= 4 is 5.91 Å². The van der Waals surface area contributed by atoms with Gasteiger partial charge in [0.25, 0.3) is 11.5 Å². The highest BCUT2D eigenvalue weighted by molar-refractivity contribution is 5.92. The van der Waals surface area contributed by atoms with E-state index in [0.717, 1.165) is 0 Å². The summed E-state index contributed by atoms with van der Waals surface area (Å²) in [6.45, 7) is 2.17. The van der Waals surface area contributed by atoms with Crippen LogP contribution in [0.4, 0.5) is 0 Å². The lowest BCUT2D eigenvalue weighted by atomic mass is 10.3. The fourth-order valence-corrected chi connectivity index (χ4v) is 2.00. The maximum Gasteiger partial charge on any atom is 0.273 e. The van der Waals surface area contributed by atoms with Gasteiger partial charge in [-0.2, -0.15) is 5.10 Å². The van der Waals surface area contributed by atoms with Gasteiger partial charge in [-0.15, -0.1) is 0 Å². The van der Waals surface area contributed by atoms with Gasteiger partial charge in [0.05, 0.1) is 12.8 Å². The van der Waals surface area contributed by atoms with Crippen LogP contribution in [0.25, 0.3) is 11.5 Å². The zero-order valence-electron chi connectivity index (χ0n) is 12.4. The van der Waals surface area contributed by atoms with E-state index in [4.69, 9.17) is 8.94 Å². The average molecular weight is 314 g/mol. The van der Waals surface area contributed by atoms with E-state index in [0.29, 0.717) is 17.2 Å². The number of nitrogens with zero attached hydrogens (tertiary/aromatic N) is 3. The van der Waals surface area contributed by atoms with E-state index in [1.165, 1.54) is 23.1 Å². The summed E-state index contributed by atoms with van der Waals surface area (Å²) in [5.41, 5.74) is 0.493. The molecule has 3 aromatic rings. The van der Waals surface area contributed by atoms with Crippen molar-refractivity contribution < 1.29 is 13.7 Å². The summed E-state index contributed by atoms with van der Waals surface area (Å²) in [6.07, 6.45) is 1.53. The molecule has 23 heavy (non-hydrogen) atoms. The van der Waals surface area contributed by atoms with Crippen LogP contribution >= 0.6 is 0 Å². The summed E-state index contributed by atoms with van der Waals surface area (Å²) in [6, 6.07) is 8.04. The fraction of sp³-hybridized carbons (Fsp3) is 0.200. The van der Waals surface area contributed by atoms with E-state index < -0.39 is 0 Å². The number of aryl methyl sites for hydroxylation is 1. The molecule has 3 rings (SSSR count). The molecule has 0 unspecified atom stereocenters. The molecule has 1 amide bonds. The van der Waals surface area contributed by atoms with Crippen molar-refractivity contribution in [1.29, 1.82) is 0 Å². The zero-order valence-corrected chi connectivity index (χ0v) is 12.4. The molecule has 0 aliphatic carbocycles. The normalized spacial score (nSPS) is 10.7. The Kier molecular flexibility index (Phi) is 4.05. The average Bonchev–Trinajstić information content (AvgIpc) is 3.20. The van der Waals surface area contributed by atoms with E-state index in [1.54, 1.807) is 25.1 Å². The number of rotatable bonds is 5. The number of aromatic nitrogens is 3. The Labute approximate surface area is 130 Å². The Hall–Kier alpha value is -3.16. The molecule has 0 fully saturated rings. The SMILES string of the molecule is Cc1cc(C(=O)NCCn2nc(-c3ccco3)ccc2=O)no1. The number of hydrogen-bond acceptors (Lipinski definition) is 6. The van der Waals surface area contributed by atoms with Crippen molar-refractivity contribution in [1.82, 2.24) is 20.3 Å². The van der Waals surface area contributed by atoms with Gasteiger partial charge in [0, 0.05) is 18.7 Å². The summed E-state index contributed by atoms with van der Waals surface area (Å²) in [4.78, 5) is 23.7. The minimum Gasteiger partial charge on any atom is -0.463 e. The van der Waals surface area contributed by atoms with Crippen molar-refractivity contribution in [2.45, 2.75) is 13.5 Å². The van der Waals surface area contributed by atoms with Crippen LogP contribution in [0.5, 0.6) is 0 Å². The van der Waals surface area contributed by atoms with Gasteiger partial charge in [0.2, 0.25) is 0 Å². The summed E-state index contributed by atoms with van der Waals surface area (Å²) < 4.78 is 11.4. The fourth-order valence-electron chi connectivity index (χ4n) is 2.00. The first kappa shape index (κ1) is 14.8. The molecular weight excluding hydrogens is 300 g/mol. The first-order valence-corrected chi connectivity index (χ1v) is 6.97. The first-order valence-electron chi connectivity index (χ1n) is 6.97. The number of carbonyl (C=O) groups excluding carboxylic acids is 1. The molecule has 3 heterocycles. The number of nitrogens with one attached hydrogen (secondary N) is 1. The van der Waals surface area contributed by atoms with Gasteiger partial charge in [-0.3, -0.25) is 9.59 Å². The van der Waals surface area contributed by atoms with E-state index in [1.807, 2.05) is 0 Å². The summed E-state index contributed by atoms with van der Waals surface area (Å²) in [5.74, 6) is 0.761. The summed E-state index contributed by atoms with van der Waals surface area (Å²) in [5, 5.41) is 10.5. The molecule has 0 radical (unpaired) electrons. The molecule has 0 atom stereocenters. The van der Waals surface area contributed by atoms with Gasteiger partial charge in [-0.1, -0.05) is 5.16 Å². The highest BCUT2D eigenvalue weighted by atomic mass is 16.5. The van der Waals surface area contributed by atoms with Gasteiger partial charge in [-0.05, 0) is 25.1 Å². The molecule has 0 spiro atoms. The molecule has 8 heteroatoms. The molecule has 0 aromatic carbocycles. The number of amides is 1. The minimum absolute atomic E-state index is 0.201. The molecule has 0 aliphatic heterocycles. The number of furan rings is 1. The van der Waals surface area contributed by atoms with Crippen LogP contribution < -0.4 is 10.9 Å². The zero-order chi connectivity index (χ0) is 16.2. The van der Waals surface area contributed by atoms with Gasteiger partial charge < -0.3 is 14.3 Å². The standard InChI is InChI=1S/C15H14N4O4/c1-10-9-12(18-23-10)15(21)16-6-7-19-14(20)5-4-11(17-19)13-3-2-8-22-13/h2-5,8-9H,6-7H2,1H3,(H,16,21). The lowest BCUT2D eigenvalue weighted by Crippen LogP contribution is -2.32. The maximum absolute atomic E-state index is 11.8. The Morgan fingerprint density at radius 2 is 2.22 bits per heavy atom. The monoisotopic (exact) mass is 314 g/mol. The highest BCUT2D eigenvalue weighted by Gasteiger charge is 2.11. The van der Waals surface area contributed by atoms with Crippen molar-refractivity contribution in [2.75, 3.05) is 6.54 Å². The Morgan fingerprint density at radius 3 is 2.91 bits per heavy atom. The van der Waals surface area contributed by atoms with Crippen LogP contribution in [0, 0.1) is 6.92 Å². The van der Waals surface area contributed by atoms with Crippen molar-refractivity contribution in [3.05, 3.63) is 58.4 Å². The third-order valence-corrected chi connectivity index (χ3v) is 3.11. The maximum atomic E-state index is 11.8. The topological polar surface area (TPSA) is 103 Å². The second kappa shape index (κ2) is 6.30. The second-order valence-electron chi connectivity index (χ2n) is 4.84. The van der Waals surface area contributed by atoms with Crippen molar-refractivity contribution in [3.8, 4) is 11.5 Å².